The average Bonchev–Trinajstić information content (AvgIpc) is 4.34. The zero-order valence-corrected chi connectivity index (χ0v) is 41.3. The summed E-state index contributed by atoms with van der Waals surface area (Å²) < 4.78 is 9.90. The third-order valence-electron chi connectivity index (χ3n) is 15.9. The molecule has 0 saturated heterocycles. The molecule has 0 amide bonds. The summed E-state index contributed by atoms with van der Waals surface area (Å²) in [6, 6.07) is 103. The second kappa shape index (κ2) is 16.7. The van der Waals surface area contributed by atoms with Gasteiger partial charge in [0.05, 0.1) is 49.8 Å². The van der Waals surface area contributed by atoms with Crippen molar-refractivity contribution in [3.8, 4) is 56.1 Å². The number of benzene rings is 12. The predicted molar refractivity (Wildman–Crippen MR) is 320 cm³/mol. The number of nitrogens with zero attached hydrogens (tertiary/aromatic N) is 4. The van der Waals surface area contributed by atoms with Crippen LogP contribution in [0.2, 0.25) is 0 Å². The van der Waals surface area contributed by atoms with E-state index in [1.165, 1.54) is 104 Å². The highest BCUT2D eigenvalue weighted by molar-refractivity contribution is 6.18. The van der Waals surface area contributed by atoms with Crippen LogP contribution in [0.25, 0.3) is 143 Å². The Morgan fingerprint density at radius 3 is 0.974 bits per heavy atom. The van der Waals surface area contributed by atoms with Gasteiger partial charge in [-0.3, -0.25) is 0 Å². The minimum Gasteiger partial charge on any atom is -0.309 e. The van der Waals surface area contributed by atoms with E-state index in [1.54, 1.807) is 0 Å². The van der Waals surface area contributed by atoms with E-state index in [1.807, 2.05) is 0 Å². The van der Waals surface area contributed by atoms with Crippen molar-refractivity contribution in [2.45, 2.75) is 0 Å². The number of para-hydroxylation sites is 5. The van der Waals surface area contributed by atoms with E-state index in [4.69, 9.17) is 0 Å². The van der Waals surface area contributed by atoms with E-state index in [-0.39, 0.29) is 0 Å². The number of hydrogen-bond donors (Lipinski definition) is 0. The molecule has 0 atom stereocenters. The molecule has 4 nitrogen and oxygen atoms in total. The van der Waals surface area contributed by atoms with Crippen molar-refractivity contribution in [2.75, 3.05) is 0 Å². The fourth-order valence-corrected chi connectivity index (χ4v) is 12.5. The molecule has 4 aromatic heterocycles. The second-order valence-electron chi connectivity index (χ2n) is 20.1. The van der Waals surface area contributed by atoms with Crippen LogP contribution in [0.5, 0.6) is 0 Å². The molecule has 0 aliphatic carbocycles. The SMILES string of the molecule is c1ccc(-c2ccc3c(c2)c2cc(-c4ccc(-n5c6ccc(-c7ccccc7)cc6c6cc(-n7c8ccccc8c8ccccc87)cc(-n7c8ccccc8c8ccccc87)c65)cc4)ccc2n3-c2ccccc2)cc1. The van der Waals surface area contributed by atoms with E-state index >= 15 is 0 Å². The summed E-state index contributed by atoms with van der Waals surface area (Å²) in [5.74, 6) is 0. The lowest BCUT2D eigenvalue weighted by Gasteiger charge is -2.17. The third-order valence-corrected chi connectivity index (χ3v) is 15.9. The van der Waals surface area contributed by atoms with Gasteiger partial charge in [0.25, 0.3) is 0 Å². The Morgan fingerprint density at radius 1 is 0.171 bits per heavy atom. The molecule has 0 fully saturated rings. The topological polar surface area (TPSA) is 19.7 Å². The Bertz CT molecular complexity index is 4850. The van der Waals surface area contributed by atoms with E-state index in [0.717, 1.165) is 39.3 Å². The van der Waals surface area contributed by atoms with Crippen molar-refractivity contribution in [3.63, 3.8) is 0 Å². The molecule has 12 aromatic carbocycles. The lowest BCUT2D eigenvalue weighted by Crippen LogP contribution is -2.03. The maximum Gasteiger partial charge on any atom is 0.0784 e. The van der Waals surface area contributed by atoms with Gasteiger partial charge in [0.1, 0.15) is 0 Å². The molecule has 0 N–H and O–H groups in total. The Morgan fingerprint density at radius 2 is 0.500 bits per heavy atom. The molecule has 0 spiro atoms. The molecular weight excluding hydrogens is 921 g/mol. The van der Waals surface area contributed by atoms with Crippen LogP contribution in [0, 0.1) is 0 Å². The van der Waals surface area contributed by atoms with Crippen LogP contribution in [-0.4, -0.2) is 18.3 Å². The van der Waals surface area contributed by atoms with Crippen LogP contribution < -0.4 is 0 Å². The molecule has 16 rings (SSSR count). The summed E-state index contributed by atoms with van der Waals surface area (Å²) in [5.41, 5.74) is 21.0. The van der Waals surface area contributed by atoms with Gasteiger partial charge in [0.2, 0.25) is 0 Å². The summed E-state index contributed by atoms with van der Waals surface area (Å²) in [4.78, 5) is 0. The fourth-order valence-electron chi connectivity index (χ4n) is 12.5. The summed E-state index contributed by atoms with van der Waals surface area (Å²) in [7, 11) is 0. The second-order valence-corrected chi connectivity index (χ2v) is 20.1. The highest BCUT2D eigenvalue weighted by atomic mass is 15.1. The first-order valence-electron chi connectivity index (χ1n) is 26.2. The largest absolute Gasteiger partial charge is 0.309 e. The van der Waals surface area contributed by atoms with Gasteiger partial charge in [-0.05, 0) is 130 Å². The summed E-state index contributed by atoms with van der Waals surface area (Å²) in [6.07, 6.45) is 0. The monoisotopic (exact) mass is 966 g/mol. The molecule has 4 heteroatoms. The first kappa shape index (κ1) is 42.4. The third kappa shape index (κ3) is 6.38. The quantitative estimate of drug-likeness (QED) is 0.152. The summed E-state index contributed by atoms with van der Waals surface area (Å²) in [6.45, 7) is 0. The van der Waals surface area contributed by atoms with Crippen molar-refractivity contribution in [3.05, 3.63) is 279 Å². The molecule has 4 heterocycles. The van der Waals surface area contributed by atoms with E-state index in [0.29, 0.717) is 0 Å². The molecule has 76 heavy (non-hydrogen) atoms. The lowest BCUT2D eigenvalue weighted by atomic mass is 10.00. The Labute approximate surface area is 438 Å². The number of aromatic nitrogens is 4. The van der Waals surface area contributed by atoms with Crippen molar-refractivity contribution < 1.29 is 0 Å². The summed E-state index contributed by atoms with van der Waals surface area (Å²) >= 11 is 0. The Balaban J connectivity index is 0.955. The Kier molecular flexibility index (Phi) is 9.30. The van der Waals surface area contributed by atoms with Crippen LogP contribution in [0.4, 0.5) is 0 Å². The van der Waals surface area contributed by atoms with Crippen LogP contribution >= 0.6 is 0 Å². The molecule has 16 aromatic rings. The number of rotatable bonds is 7. The van der Waals surface area contributed by atoms with Gasteiger partial charge in [0.15, 0.2) is 0 Å². The summed E-state index contributed by atoms with van der Waals surface area (Å²) in [5, 5.41) is 9.77. The maximum atomic E-state index is 2.51. The highest BCUT2D eigenvalue weighted by Crippen LogP contribution is 2.45. The highest BCUT2D eigenvalue weighted by Gasteiger charge is 2.24. The normalized spacial score (nSPS) is 11.9. The molecule has 0 aliphatic heterocycles. The molecule has 0 radical (unpaired) electrons. The van der Waals surface area contributed by atoms with Crippen molar-refractivity contribution in [1.29, 1.82) is 0 Å². The first-order chi connectivity index (χ1) is 37.7. The number of fused-ring (bicyclic) bond motifs is 12. The zero-order chi connectivity index (χ0) is 49.8. The predicted octanol–water partition coefficient (Wildman–Crippen LogP) is 19.1. The molecule has 354 valence electrons. The molecule has 0 aliphatic rings. The van der Waals surface area contributed by atoms with Gasteiger partial charge in [0, 0.05) is 60.2 Å². The lowest BCUT2D eigenvalue weighted by molar-refractivity contribution is 1.11. The molecule has 0 bridgehead atoms. The van der Waals surface area contributed by atoms with E-state index in [9.17, 15) is 0 Å². The standard InChI is InChI=1S/C72H46N4/c1-4-18-47(19-5-1)50-34-39-68-60(42-50)61-43-52(35-40-69(61)73(68)53-22-8-3-9-23-53)49-32-37-54(38-33-49)75-70-41-36-51(48-20-6-2-7-21-48)44-62(70)63-45-55(74-64-28-14-10-24-56(64)57-25-11-15-29-65(57)74)46-71(72(63)75)76-66-30-16-12-26-58(66)59-27-13-17-31-67(59)76/h1-46H. The van der Waals surface area contributed by atoms with Gasteiger partial charge in [-0.2, -0.15) is 0 Å². The smallest absolute Gasteiger partial charge is 0.0784 e. The van der Waals surface area contributed by atoms with Crippen molar-refractivity contribution in [1.82, 2.24) is 18.3 Å². The van der Waals surface area contributed by atoms with Gasteiger partial charge >= 0.3 is 0 Å². The zero-order valence-electron chi connectivity index (χ0n) is 41.3. The van der Waals surface area contributed by atoms with Gasteiger partial charge < -0.3 is 18.3 Å². The first-order valence-corrected chi connectivity index (χ1v) is 26.2. The van der Waals surface area contributed by atoms with Crippen LogP contribution in [0.1, 0.15) is 0 Å². The van der Waals surface area contributed by atoms with E-state index in [2.05, 4.69) is 297 Å². The van der Waals surface area contributed by atoms with Crippen LogP contribution in [0.3, 0.4) is 0 Å². The van der Waals surface area contributed by atoms with Gasteiger partial charge in [-0.25, -0.2) is 0 Å². The fraction of sp³-hybridized carbons (Fsp3) is 0. The van der Waals surface area contributed by atoms with Crippen molar-refractivity contribution >= 4 is 87.2 Å². The van der Waals surface area contributed by atoms with Gasteiger partial charge in [-0.1, -0.05) is 182 Å². The minimum absolute atomic E-state index is 1.09. The van der Waals surface area contributed by atoms with Crippen LogP contribution in [-0.2, 0) is 0 Å². The van der Waals surface area contributed by atoms with E-state index < -0.39 is 0 Å². The average molecular weight is 967 g/mol. The molecule has 0 unspecified atom stereocenters. The number of hydrogen-bond acceptors (Lipinski definition) is 0. The Hall–Kier alpha value is -10.2. The molecular formula is C72H46N4. The minimum atomic E-state index is 1.09. The van der Waals surface area contributed by atoms with Crippen LogP contribution in [0.15, 0.2) is 279 Å². The van der Waals surface area contributed by atoms with Crippen molar-refractivity contribution in [2.24, 2.45) is 0 Å². The maximum absolute atomic E-state index is 2.51. The van der Waals surface area contributed by atoms with Gasteiger partial charge in [-0.15, -0.1) is 0 Å². The molecule has 0 saturated carbocycles.